The molecular formula is C13H13BrN2. The van der Waals surface area contributed by atoms with Crippen molar-refractivity contribution in [2.75, 3.05) is 18.0 Å². The van der Waals surface area contributed by atoms with Gasteiger partial charge in [0.05, 0.1) is 17.3 Å². The molecule has 0 radical (unpaired) electrons. The Balaban J connectivity index is 3.04. The van der Waals surface area contributed by atoms with Crippen LogP contribution in [0.3, 0.4) is 0 Å². The fourth-order valence-corrected chi connectivity index (χ4v) is 2.05. The van der Waals surface area contributed by atoms with Gasteiger partial charge >= 0.3 is 0 Å². The Morgan fingerprint density at radius 2 is 1.94 bits per heavy atom. The maximum atomic E-state index is 8.78. The SMILES string of the molecule is C=CCN(CC=C)c1ccc(C#N)cc1Br. The van der Waals surface area contributed by atoms with Crippen LogP contribution in [0.4, 0.5) is 5.69 Å². The second-order valence-electron chi connectivity index (χ2n) is 3.26. The molecule has 0 spiro atoms. The van der Waals surface area contributed by atoms with Gasteiger partial charge in [0.25, 0.3) is 0 Å². The van der Waals surface area contributed by atoms with Crippen molar-refractivity contribution in [3.63, 3.8) is 0 Å². The van der Waals surface area contributed by atoms with Gasteiger partial charge in [-0.15, -0.1) is 13.2 Å². The Kier molecular flexibility index (Phi) is 4.81. The molecule has 3 heteroatoms. The predicted molar refractivity (Wildman–Crippen MR) is 71.5 cm³/mol. The minimum Gasteiger partial charge on any atom is -0.363 e. The number of benzene rings is 1. The van der Waals surface area contributed by atoms with Gasteiger partial charge in [0.1, 0.15) is 0 Å². The molecule has 2 nitrogen and oxygen atoms in total. The van der Waals surface area contributed by atoms with Crippen LogP contribution < -0.4 is 4.90 Å². The average molecular weight is 277 g/mol. The normalized spacial score (nSPS) is 9.25. The zero-order chi connectivity index (χ0) is 12.0. The molecule has 1 aromatic rings. The van der Waals surface area contributed by atoms with E-state index in [1.807, 2.05) is 24.3 Å². The van der Waals surface area contributed by atoms with E-state index in [1.165, 1.54) is 0 Å². The van der Waals surface area contributed by atoms with Crippen molar-refractivity contribution in [1.29, 1.82) is 5.26 Å². The molecule has 82 valence electrons. The van der Waals surface area contributed by atoms with Crippen LogP contribution in [0.5, 0.6) is 0 Å². The zero-order valence-electron chi connectivity index (χ0n) is 8.99. The molecule has 0 fully saturated rings. The summed E-state index contributed by atoms with van der Waals surface area (Å²) in [6.07, 6.45) is 3.68. The van der Waals surface area contributed by atoms with Gasteiger partial charge in [-0.3, -0.25) is 0 Å². The minimum atomic E-state index is 0.646. The zero-order valence-corrected chi connectivity index (χ0v) is 10.6. The van der Waals surface area contributed by atoms with E-state index < -0.39 is 0 Å². The molecule has 16 heavy (non-hydrogen) atoms. The molecular weight excluding hydrogens is 264 g/mol. The molecule has 0 atom stereocenters. The topological polar surface area (TPSA) is 27.0 Å². The van der Waals surface area contributed by atoms with Gasteiger partial charge in [0.2, 0.25) is 0 Å². The largest absolute Gasteiger partial charge is 0.363 e. The molecule has 1 rings (SSSR count). The molecule has 0 aliphatic heterocycles. The van der Waals surface area contributed by atoms with Gasteiger partial charge in [-0.1, -0.05) is 12.2 Å². The second kappa shape index (κ2) is 6.14. The van der Waals surface area contributed by atoms with Crippen molar-refractivity contribution in [3.05, 3.63) is 53.5 Å². The molecule has 0 saturated heterocycles. The molecule has 0 aromatic heterocycles. The summed E-state index contributed by atoms with van der Waals surface area (Å²) in [6.45, 7) is 8.95. The molecule has 0 heterocycles. The lowest BCUT2D eigenvalue weighted by Crippen LogP contribution is -2.23. The first-order chi connectivity index (χ1) is 7.72. The number of anilines is 1. The Hall–Kier alpha value is -1.53. The monoisotopic (exact) mass is 276 g/mol. The van der Waals surface area contributed by atoms with Gasteiger partial charge in [-0.05, 0) is 34.1 Å². The average Bonchev–Trinajstić information content (AvgIpc) is 2.29. The van der Waals surface area contributed by atoms with E-state index in [4.69, 9.17) is 5.26 Å². The first kappa shape index (κ1) is 12.5. The van der Waals surface area contributed by atoms with Gasteiger partial charge in [0, 0.05) is 17.6 Å². The van der Waals surface area contributed by atoms with Crippen molar-refractivity contribution in [2.45, 2.75) is 0 Å². The van der Waals surface area contributed by atoms with Gasteiger partial charge in [-0.2, -0.15) is 5.26 Å². The van der Waals surface area contributed by atoms with Crippen LogP contribution in [-0.2, 0) is 0 Å². The van der Waals surface area contributed by atoms with E-state index in [-0.39, 0.29) is 0 Å². The van der Waals surface area contributed by atoms with Gasteiger partial charge in [0.15, 0.2) is 0 Å². The first-order valence-corrected chi connectivity index (χ1v) is 5.68. The fraction of sp³-hybridized carbons (Fsp3) is 0.154. The third kappa shape index (κ3) is 2.98. The van der Waals surface area contributed by atoms with E-state index in [0.717, 1.165) is 23.2 Å². The minimum absolute atomic E-state index is 0.646. The summed E-state index contributed by atoms with van der Waals surface area (Å²) in [4.78, 5) is 2.12. The molecule has 1 aromatic carbocycles. The summed E-state index contributed by atoms with van der Waals surface area (Å²) in [6, 6.07) is 7.65. The van der Waals surface area contributed by atoms with E-state index >= 15 is 0 Å². The molecule has 0 amide bonds. The van der Waals surface area contributed by atoms with Crippen LogP contribution >= 0.6 is 15.9 Å². The Morgan fingerprint density at radius 3 is 2.38 bits per heavy atom. The van der Waals surface area contributed by atoms with Crippen molar-refractivity contribution >= 4 is 21.6 Å². The maximum Gasteiger partial charge on any atom is 0.0992 e. The number of rotatable bonds is 5. The van der Waals surface area contributed by atoms with E-state index in [1.54, 1.807) is 6.07 Å². The van der Waals surface area contributed by atoms with Crippen LogP contribution in [0.15, 0.2) is 48.0 Å². The lowest BCUT2D eigenvalue weighted by molar-refractivity contribution is 0.953. The molecule has 0 N–H and O–H groups in total. The Morgan fingerprint density at radius 1 is 1.31 bits per heavy atom. The number of nitriles is 1. The summed E-state index contributed by atoms with van der Waals surface area (Å²) in [5.41, 5.74) is 1.69. The number of hydrogen-bond donors (Lipinski definition) is 0. The van der Waals surface area contributed by atoms with Crippen molar-refractivity contribution in [2.24, 2.45) is 0 Å². The van der Waals surface area contributed by atoms with E-state index in [9.17, 15) is 0 Å². The van der Waals surface area contributed by atoms with Gasteiger partial charge in [-0.25, -0.2) is 0 Å². The number of halogens is 1. The van der Waals surface area contributed by atoms with Crippen LogP contribution in [0, 0.1) is 11.3 Å². The molecule has 0 aliphatic rings. The standard InChI is InChI=1S/C13H13BrN2/c1-3-7-16(8-4-2)13-6-5-11(10-15)9-12(13)14/h3-6,9H,1-2,7-8H2. The summed E-state index contributed by atoms with van der Waals surface area (Å²) >= 11 is 3.47. The quantitative estimate of drug-likeness (QED) is 0.770. The summed E-state index contributed by atoms with van der Waals surface area (Å²) in [7, 11) is 0. The summed E-state index contributed by atoms with van der Waals surface area (Å²) in [5.74, 6) is 0. The highest BCUT2D eigenvalue weighted by atomic mass is 79.9. The third-order valence-electron chi connectivity index (χ3n) is 2.12. The molecule has 0 bridgehead atoms. The second-order valence-corrected chi connectivity index (χ2v) is 4.11. The molecule has 0 unspecified atom stereocenters. The highest BCUT2D eigenvalue weighted by Crippen LogP contribution is 2.27. The highest BCUT2D eigenvalue weighted by Gasteiger charge is 2.07. The van der Waals surface area contributed by atoms with Crippen LogP contribution in [-0.4, -0.2) is 13.1 Å². The first-order valence-electron chi connectivity index (χ1n) is 4.89. The number of hydrogen-bond acceptors (Lipinski definition) is 2. The highest BCUT2D eigenvalue weighted by molar-refractivity contribution is 9.10. The molecule has 0 saturated carbocycles. The van der Waals surface area contributed by atoms with E-state index in [2.05, 4.69) is 40.1 Å². The summed E-state index contributed by atoms with van der Waals surface area (Å²) < 4.78 is 0.912. The summed E-state index contributed by atoms with van der Waals surface area (Å²) in [5, 5.41) is 8.78. The predicted octanol–water partition coefficient (Wildman–Crippen LogP) is 3.50. The Labute approximate surface area is 105 Å². The third-order valence-corrected chi connectivity index (χ3v) is 2.75. The lowest BCUT2D eigenvalue weighted by Gasteiger charge is -2.22. The van der Waals surface area contributed by atoms with Crippen molar-refractivity contribution in [1.82, 2.24) is 0 Å². The Bertz CT molecular complexity index is 422. The van der Waals surface area contributed by atoms with Crippen LogP contribution in [0.2, 0.25) is 0 Å². The van der Waals surface area contributed by atoms with E-state index in [0.29, 0.717) is 5.56 Å². The maximum absolute atomic E-state index is 8.78. The fourth-order valence-electron chi connectivity index (χ4n) is 1.42. The van der Waals surface area contributed by atoms with Crippen molar-refractivity contribution in [3.8, 4) is 6.07 Å². The van der Waals surface area contributed by atoms with Gasteiger partial charge < -0.3 is 4.90 Å². The van der Waals surface area contributed by atoms with Crippen molar-refractivity contribution < 1.29 is 0 Å². The smallest absolute Gasteiger partial charge is 0.0992 e. The molecule has 0 aliphatic carbocycles. The van der Waals surface area contributed by atoms with Crippen LogP contribution in [0.25, 0.3) is 0 Å². The van der Waals surface area contributed by atoms with Crippen LogP contribution in [0.1, 0.15) is 5.56 Å². The lowest BCUT2D eigenvalue weighted by atomic mass is 10.2. The number of nitrogens with zero attached hydrogens (tertiary/aromatic N) is 2.